The van der Waals surface area contributed by atoms with Gasteiger partial charge in [-0.15, -0.1) is 0 Å². The van der Waals surface area contributed by atoms with Crippen LogP contribution in [0.3, 0.4) is 0 Å². The number of hydrogen-bond acceptors (Lipinski definition) is 2. The van der Waals surface area contributed by atoms with Crippen molar-refractivity contribution in [3.05, 3.63) is 0 Å². The summed E-state index contributed by atoms with van der Waals surface area (Å²) in [5, 5.41) is 10.0. The number of aliphatic carboxylic acids is 1. The minimum absolute atomic E-state index is 0.154. The molecule has 0 N–H and O–H groups in total. The van der Waals surface area contributed by atoms with Crippen LogP contribution in [0.15, 0.2) is 0 Å². The van der Waals surface area contributed by atoms with Crippen LogP contribution in [0.2, 0.25) is 0 Å². The van der Waals surface area contributed by atoms with Gasteiger partial charge >= 0.3 is 0 Å². The first-order valence-corrected chi connectivity index (χ1v) is 3.50. The van der Waals surface area contributed by atoms with Crippen molar-refractivity contribution >= 4 is 5.97 Å². The topological polar surface area (TPSA) is 40.1 Å². The van der Waals surface area contributed by atoms with Gasteiger partial charge in [0.05, 0.1) is 27.2 Å². The van der Waals surface area contributed by atoms with Crippen LogP contribution >= 0.6 is 0 Å². The number of rotatable bonds is 4. The minimum Gasteiger partial charge on any atom is -0.550 e. The van der Waals surface area contributed by atoms with Gasteiger partial charge in [-0.1, -0.05) is 0 Å². The minimum atomic E-state index is -0.959. The first-order valence-electron chi connectivity index (χ1n) is 3.50. The van der Waals surface area contributed by atoms with E-state index in [0.717, 1.165) is 11.0 Å². The highest BCUT2D eigenvalue weighted by Gasteiger charge is 2.10. The summed E-state index contributed by atoms with van der Waals surface area (Å²) in [6.07, 6.45) is 0.154. The van der Waals surface area contributed by atoms with E-state index >= 15 is 0 Å². The van der Waals surface area contributed by atoms with Gasteiger partial charge in [-0.25, -0.2) is 0 Å². The molecule has 0 radical (unpaired) electrons. The van der Waals surface area contributed by atoms with Crippen LogP contribution in [0.1, 0.15) is 13.3 Å². The predicted molar refractivity (Wildman–Crippen MR) is 37.1 cm³/mol. The highest BCUT2D eigenvalue weighted by molar-refractivity contribution is 5.64. The monoisotopic (exact) mass is 145 g/mol. The van der Waals surface area contributed by atoms with Gasteiger partial charge in [-0.05, 0) is 6.92 Å². The normalized spacial score (nSPS) is 11.5. The molecule has 0 saturated heterocycles. The van der Waals surface area contributed by atoms with Crippen LogP contribution in [0.4, 0.5) is 0 Å². The van der Waals surface area contributed by atoms with Gasteiger partial charge in [0.25, 0.3) is 0 Å². The molecule has 0 saturated carbocycles. The lowest BCUT2D eigenvalue weighted by Crippen LogP contribution is -2.42. The van der Waals surface area contributed by atoms with Crippen LogP contribution in [-0.4, -0.2) is 37.6 Å². The Balaban J connectivity index is 3.56. The van der Waals surface area contributed by atoms with Crippen LogP contribution in [0.5, 0.6) is 0 Å². The number of nitrogens with zero attached hydrogens (tertiary/aromatic N) is 1. The molecule has 0 spiro atoms. The number of carbonyl (C=O) groups is 1. The second kappa shape index (κ2) is 3.56. The Kier molecular flexibility index (Phi) is 3.36. The smallest absolute Gasteiger partial charge is 0.0835 e. The Morgan fingerprint density at radius 3 is 2.30 bits per heavy atom. The summed E-state index contributed by atoms with van der Waals surface area (Å²) in [6.45, 7) is 3.64. The van der Waals surface area contributed by atoms with E-state index in [1.165, 1.54) is 0 Å². The summed E-state index contributed by atoms with van der Waals surface area (Å²) in [6, 6.07) is 0. The fourth-order valence-corrected chi connectivity index (χ4v) is 0.552. The van der Waals surface area contributed by atoms with Crippen LogP contribution in [0.25, 0.3) is 0 Å². The first-order chi connectivity index (χ1) is 4.48. The van der Waals surface area contributed by atoms with E-state index in [0.29, 0.717) is 6.54 Å². The molecular formula is C7H15NO2. The molecule has 60 valence electrons. The lowest BCUT2D eigenvalue weighted by Gasteiger charge is -2.28. The number of quaternary nitrogens is 1. The van der Waals surface area contributed by atoms with Crippen molar-refractivity contribution in [2.24, 2.45) is 0 Å². The van der Waals surface area contributed by atoms with E-state index in [9.17, 15) is 9.90 Å². The molecule has 10 heavy (non-hydrogen) atoms. The van der Waals surface area contributed by atoms with Gasteiger partial charge in [0.1, 0.15) is 0 Å². The highest BCUT2D eigenvalue weighted by atomic mass is 16.4. The van der Waals surface area contributed by atoms with E-state index in [1.54, 1.807) is 0 Å². The molecule has 0 amide bonds. The molecule has 0 aliphatic heterocycles. The standard InChI is InChI=1S/C7H15NO2/c1-4-8(2,3)6-5-7(9)10/h4-6H2,1-3H3. The Hall–Kier alpha value is -0.570. The molecule has 3 nitrogen and oxygen atoms in total. The Morgan fingerprint density at radius 1 is 1.50 bits per heavy atom. The van der Waals surface area contributed by atoms with Crippen LogP contribution in [0, 0.1) is 0 Å². The summed E-state index contributed by atoms with van der Waals surface area (Å²) in [5.41, 5.74) is 0. The zero-order valence-corrected chi connectivity index (χ0v) is 6.89. The Morgan fingerprint density at radius 2 is 2.00 bits per heavy atom. The maximum atomic E-state index is 10.0. The van der Waals surface area contributed by atoms with Crippen LogP contribution < -0.4 is 5.11 Å². The molecule has 0 atom stereocenters. The molecule has 0 aromatic rings. The Bertz CT molecular complexity index is 121. The first kappa shape index (κ1) is 9.43. The quantitative estimate of drug-likeness (QED) is 0.487. The second-order valence-electron chi connectivity index (χ2n) is 3.10. The van der Waals surface area contributed by atoms with Gasteiger partial charge in [-0.2, -0.15) is 0 Å². The average molecular weight is 145 g/mol. The zero-order chi connectivity index (χ0) is 8.20. The third-order valence-corrected chi connectivity index (χ3v) is 1.78. The summed E-state index contributed by atoms with van der Waals surface area (Å²) in [4.78, 5) is 10.0. The molecule has 0 bridgehead atoms. The summed E-state index contributed by atoms with van der Waals surface area (Å²) in [7, 11) is 4.01. The molecule has 3 heteroatoms. The Labute approximate surface area is 61.9 Å². The summed E-state index contributed by atoms with van der Waals surface area (Å²) < 4.78 is 0.744. The van der Waals surface area contributed by atoms with Crippen molar-refractivity contribution in [2.45, 2.75) is 13.3 Å². The van der Waals surface area contributed by atoms with Crippen molar-refractivity contribution in [1.29, 1.82) is 0 Å². The molecule has 0 fully saturated rings. The predicted octanol–water partition coefficient (Wildman–Crippen LogP) is -0.777. The SMILES string of the molecule is CC[N+](C)(C)CCC(=O)[O-]. The van der Waals surface area contributed by atoms with E-state index in [1.807, 2.05) is 21.0 Å². The van der Waals surface area contributed by atoms with E-state index < -0.39 is 5.97 Å². The number of carboxylic acids is 1. The molecule has 0 rings (SSSR count). The molecular weight excluding hydrogens is 130 g/mol. The van der Waals surface area contributed by atoms with Gasteiger partial charge in [0, 0.05) is 12.4 Å². The van der Waals surface area contributed by atoms with E-state index in [-0.39, 0.29) is 6.42 Å². The molecule has 0 aromatic heterocycles. The maximum absolute atomic E-state index is 10.0. The molecule has 0 heterocycles. The number of carboxylic acid groups (broad SMARTS) is 1. The zero-order valence-electron chi connectivity index (χ0n) is 6.89. The number of carbonyl (C=O) groups excluding carboxylic acids is 1. The second-order valence-corrected chi connectivity index (χ2v) is 3.10. The molecule has 0 unspecified atom stereocenters. The lowest BCUT2D eigenvalue weighted by molar-refractivity contribution is -0.888. The fourth-order valence-electron chi connectivity index (χ4n) is 0.552. The van der Waals surface area contributed by atoms with E-state index in [4.69, 9.17) is 0 Å². The van der Waals surface area contributed by atoms with Crippen molar-refractivity contribution in [1.82, 2.24) is 0 Å². The van der Waals surface area contributed by atoms with Crippen molar-refractivity contribution in [2.75, 3.05) is 27.2 Å². The summed E-state index contributed by atoms with van der Waals surface area (Å²) >= 11 is 0. The third kappa shape index (κ3) is 4.32. The third-order valence-electron chi connectivity index (χ3n) is 1.78. The van der Waals surface area contributed by atoms with Gasteiger partial charge in [0.15, 0.2) is 0 Å². The fraction of sp³-hybridized carbons (Fsp3) is 0.857. The van der Waals surface area contributed by atoms with Crippen molar-refractivity contribution < 1.29 is 14.4 Å². The largest absolute Gasteiger partial charge is 0.550 e. The van der Waals surface area contributed by atoms with Gasteiger partial charge in [-0.3, -0.25) is 0 Å². The average Bonchev–Trinajstić information content (AvgIpc) is 1.85. The van der Waals surface area contributed by atoms with Gasteiger partial charge in [0.2, 0.25) is 0 Å². The van der Waals surface area contributed by atoms with Crippen LogP contribution in [-0.2, 0) is 4.79 Å². The van der Waals surface area contributed by atoms with Crippen molar-refractivity contribution in [3.63, 3.8) is 0 Å². The molecule has 0 aliphatic rings. The van der Waals surface area contributed by atoms with Gasteiger partial charge < -0.3 is 14.4 Å². The maximum Gasteiger partial charge on any atom is 0.0835 e. The highest BCUT2D eigenvalue weighted by Crippen LogP contribution is 1.96. The summed E-state index contributed by atoms with van der Waals surface area (Å²) in [5.74, 6) is -0.959. The molecule has 0 aliphatic carbocycles. The van der Waals surface area contributed by atoms with E-state index in [2.05, 4.69) is 0 Å². The number of hydrogen-bond donors (Lipinski definition) is 0. The van der Waals surface area contributed by atoms with Crippen molar-refractivity contribution in [3.8, 4) is 0 Å². The lowest BCUT2D eigenvalue weighted by atomic mass is 10.3. The molecule has 0 aromatic carbocycles.